The lowest BCUT2D eigenvalue weighted by Gasteiger charge is -2.28. The molecule has 8 nitrogen and oxygen atoms in total. The third kappa shape index (κ3) is 4.14. The van der Waals surface area contributed by atoms with Crippen molar-refractivity contribution in [3.8, 4) is 5.75 Å². The lowest BCUT2D eigenvalue weighted by Crippen LogP contribution is -2.35. The van der Waals surface area contributed by atoms with Gasteiger partial charge >= 0.3 is 0 Å². The van der Waals surface area contributed by atoms with E-state index in [1.165, 1.54) is 6.33 Å². The molecule has 0 atom stereocenters. The number of piperidine rings is 1. The summed E-state index contributed by atoms with van der Waals surface area (Å²) in [5, 5.41) is 6.82. The summed E-state index contributed by atoms with van der Waals surface area (Å²) in [6.07, 6.45) is 5.70. The highest BCUT2D eigenvalue weighted by Gasteiger charge is 2.23. The molecule has 25 heavy (non-hydrogen) atoms. The molecule has 0 aliphatic carbocycles. The topological polar surface area (TPSA) is 89.3 Å². The van der Waals surface area contributed by atoms with Gasteiger partial charge in [0.1, 0.15) is 18.4 Å². The molecule has 0 unspecified atom stereocenters. The Morgan fingerprint density at radius 1 is 1.36 bits per heavy atom. The van der Waals surface area contributed by atoms with E-state index in [1.807, 2.05) is 0 Å². The van der Waals surface area contributed by atoms with Crippen LogP contribution >= 0.6 is 0 Å². The number of methoxy groups -OCH3 is 1. The number of aryl methyl sites for hydroxylation is 1. The van der Waals surface area contributed by atoms with Crippen LogP contribution in [0.2, 0.25) is 0 Å². The number of nitrogens with one attached hydrogen (secondary N) is 1. The first kappa shape index (κ1) is 16.9. The number of aromatic nitrogens is 3. The third-order valence-corrected chi connectivity index (χ3v) is 4.11. The van der Waals surface area contributed by atoms with E-state index in [0.717, 1.165) is 12.8 Å². The first-order valence-electron chi connectivity index (χ1n) is 8.28. The minimum absolute atomic E-state index is 0.0826. The number of nitrogens with zero attached hydrogens (tertiary/aromatic N) is 4. The molecule has 1 aliphatic rings. The SMILES string of the molecule is COc1ccc(NC(=O)CCn2cncn2)cc1N1CCCCC1=O. The number of rotatable bonds is 6. The van der Waals surface area contributed by atoms with Gasteiger partial charge in [0, 0.05) is 25.1 Å². The summed E-state index contributed by atoms with van der Waals surface area (Å²) in [7, 11) is 1.57. The lowest BCUT2D eigenvalue weighted by molar-refractivity contribution is -0.119. The molecule has 0 spiro atoms. The van der Waals surface area contributed by atoms with Crippen LogP contribution in [-0.2, 0) is 16.1 Å². The quantitative estimate of drug-likeness (QED) is 0.864. The molecule has 2 heterocycles. The molecule has 1 aliphatic heterocycles. The molecule has 1 fully saturated rings. The summed E-state index contributed by atoms with van der Waals surface area (Å²) in [5.74, 6) is 0.576. The number of amides is 2. The Hall–Kier alpha value is -2.90. The normalized spacial score (nSPS) is 14.4. The summed E-state index contributed by atoms with van der Waals surface area (Å²) < 4.78 is 6.98. The molecule has 8 heteroatoms. The molecule has 0 radical (unpaired) electrons. The Kier molecular flexibility index (Phi) is 5.27. The molecular weight excluding hydrogens is 322 g/mol. The molecule has 2 amide bonds. The lowest BCUT2D eigenvalue weighted by atomic mass is 10.1. The largest absolute Gasteiger partial charge is 0.495 e. The summed E-state index contributed by atoms with van der Waals surface area (Å²) in [6.45, 7) is 1.12. The number of hydrogen-bond acceptors (Lipinski definition) is 5. The summed E-state index contributed by atoms with van der Waals surface area (Å²) in [5.41, 5.74) is 1.33. The number of carbonyl (C=O) groups excluding carboxylic acids is 2. The van der Waals surface area contributed by atoms with E-state index in [1.54, 1.807) is 41.2 Å². The molecule has 1 aromatic heterocycles. The first-order valence-corrected chi connectivity index (χ1v) is 8.28. The Bertz CT molecular complexity index is 745. The highest BCUT2D eigenvalue weighted by molar-refractivity contribution is 5.97. The van der Waals surface area contributed by atoms with E-state index in [0.29, 0.717) is 36.6 Å². The van der Waals surface area contributed by atoms with E-state index in [4.69, 9.17) is 4.74 Å². The fourth-order valence-corrected chi connectivity index (χ4v) is 2.83. The van der Waals surface area contributed by atoms with Crippen molar-refractivity contribution in [3.05, 3.63) is 30.9 Å². The maximum atomic E-state index is 12.2. The fourth-order valence-electron chi connectivity index (χ4n) is 2.83. The van der Waals surface area contributed by atoms with Crippen LogP contribution in [0.15, 0.2) is 30.9 Å². The van der Waals surface area contributed by atoms with Gasteiger partial charge in [-0.05, 0) is 31.0 Å². The predicted molar refractivity (Wildman–Crippen MR) is 92.5 cm³/mol. The number of benzene rings is 1. The Morgan fingerprint density at radius 3 is 2.96 bits per heavy atom. The highest BCUT2D eigenvalue weighted by Crippen LogP contribution is 2.33. The van der Waals surface area contributed by atoms with Gasteiger partial charge in [-0.2, -0.15) is 5.10 Å². The van der Waals surface area contributed by atoms with E-state index in [-0.39, 0.29) is 18.2 Å². The van der Waals surface area contributed by atoms with Crippen LogP contribution in [0.3, 0.4) is 0 Å². The predicted octanol–water partition coefficient (Wildman–Crippen LogP) is 1.83. The Labute approximate surface area is 145 Å². The van der Waals surface area contributed by atoms with Gasteiger partial charge in [0.15, 0.2) is 0 Å². The highest BCUT2D eigenvalue weighted by atomic mass is 16.5. The first-order chi connectivity index (χ1) is 12.2. The molecular formula is C17H21N5O3. The van der Waals surface area contributed by atoms with Gasteiger partial charge in [-0.25, -0.2) is 4.98 Å². The number of hydrogen-bond donors (Lipinski definition) is 1. The van der Waals surface area contributed by atoms with E-state index in [2.05, 4.69) is 15.4 Å². The number of carbonyl (C=O) groups is 2. The average Bonchev–Trinajstić information content (AvgIpc) is 3.14. The van der Waals surface area contributed by atoms with Gasteiger partial charge in [0.2, 0.25) is 11.8 Å². The molecule has 0 saturated carbocycles. The average molecular weight is 343 g/mol. The number of ether oxygens (including phenoxy) is 1. The maximum Gasteiger partial charge on any atom is 0.227 e. The molecule has 132 valence electrons. The standard InChI is InChI=1S/C17H21N5O3/c1-25-15-6-5-13(10-14(15)22-8-3-2-4-17(22)24)20-16(23)7-9-21-12-18-11-19-21/h5-6,10-12H,2-4,7-9H2,1H3,(H,20,23). The third-order valence-electron chi connectivity index (χ3n) is 4.11. The van der Waals surface area contributed by atoms with Gasteiger partial charge in [-0.15, -0.1) is 0 Å². The molecule has 1 N–H and O–H groups in total. The zero-order valence-corrected chi connectivity index (χ0v) is 14.1. The van der Waals surface area contributed by atoms with Crippen molar-refractivity contribution in [1.82, 2.24) is 14.8 Å². The van der Waals surface area contributed by atoms with Gasteiger partial charge in [-0.1, -0.05) is 0 Å². The molecule has 1 aromatic carbocycles. The fraction of sp³-hybridized carbons (Fsp3) is 0.412. The van der Waals surface area contributed by atoms with Gasteiger partial charge in [-0.3, -0.25) is 14.3 Å². The Morgan fingerprint density at radius 2 is 2.24 bits per heavy atom. The monoisotopic (exact) mass is 343 g/mol. The van der Waals surface area contributed by atoms with Gasteiger partial charge in [0.05, 0.1) is 19.3 Å². The van der Waals surface area contributed by atoms with Crippen molar-refractivity contribution < 1.29 is 14.3 Å². The minimum atomic E-state index is -0.128. The Balaban J connectivity index is 1.70. The summed E-state index contributed by atoms with van der Waals surface area (Å²) in [4.78, 5) is 29.9. The number of anilines is 2. The van der Waals surface area contributed by atoms with Crippen LogP contribution in [-0.4, -0.2) is 40.2 Å². The zero-order valence-electron chi connectivity index (χ0n) is 14.1. The van der Waals surface area contributed by atoms with Crippen molar-refractivity contribution in [3.63, 3.8) is 0 Å². The van der Waals surface area contributed by atoms with Gasteiger partial charge in [0.25, 0.3) is 0 Å². The van der Waals surface area contributed by atoms with Crippen LogP contribution in [0, 0.1) is 0 Å². The molecule has 2 aromatic rings. The second-order valence-corrected chi connectivity index (χ2v) is 5.85. The van der Waals surface area contributed by atoms with Crippen LogP contribution in [0.1, 0.15) is 25.7 Å². The van der Waals surface area contributed by atoms with Crippen molar-refractivity contribution in [2.45, 2.75) is 32.2 Å². The van der Waals surface area contributed by atoms with Crippen LogP contribution in [0.5, 0.6) is 5.75 Å². The van der Waals surface area contributed by atoms with Crippen molar-refractivity contribution in [1.29, 1.82) is 0 Å². The van der Waals surface area contributed by atoms with Crippen LogP contribution in [0.25, 0.3) is 0 Å². The van der Waals surface area contributed by atoms with E-state index < -0.39 is 0 Å². The van der Waals surface area contributed by atoms with Crippen LogP contribution < -0.4 is 15.0 Å². The minimum Gasteiger partial charge on any atom is -0.495 e. The zero-order chi connectivity index (χ0) is 17.6. The van der Waals surface area contributed by atoms with Crippen molar-refractivity contribution in [2.75, 3.05) is 23.9 Å². The molecule has 3 rings (SSSR count). The van der Waals surface area contributed by atoms with E-state index >= 15 is 0 Å². The molecule has 1 saturated heterocycles. The second kappa shape index (κ2) is 7.78. The van der Waals surface area contributed by atoms with Crippen LogP contribution in [0.4, 0.5) is 11.4 Å². The van der Waals surface area contributed by atoms with E-state index in [9.17, 15) is 9.59 Å². The second-order valence-electron chi connectivity index (χ2n) is 5.85. The van der Waals surface area contributed by atoms with Crippen molar-refractivity contribution in [2.24, 2.45) is 0 Å². The molecule has 0 bridgehead atoms. The smallest absolute Gasteiger partial charge is 0.227 e. The summed E-state index contributed by atoms with van der Waals surface area (Å²) >= 11 is 0. The van der Waals surface area contributed by atoms with Crippen molar-refractivity contribution >= 4 is 23.2 Å². The maximum absolute atomic E-state index is 12.2. The summed E-state index contributed by atoms with van der Waals surface area (Å²) in [6, 6.07) is 5.32. The van der Waals surface area contributed by atoms with Gasteiger partial charge < -0.3 is 15.0 Å².